The molecule has 0 saturated carbocycles. The highest BCUT2D eigenvalue weighted by Gasteiger charge is 2.11. The zero-order valence-electron chi connectivity index (χ0n) is 14.4. The van der Waals surface area contributed by atoms with Gasteiger partial charge in [-0.2, -0.15) is 0 Å². The summed E-state index contributed by atoms with van der Waals surface area (Å²) in [5, 5.41) is 2.99. The Balaban J connectivity index is 1.91. The van der Waals surface area contributed by atoms with E-state index < -0.39 is 0 Å². The summed E-state index contributed by atoms with van der Waals surface area (Å²) in [6.07, 6.45) is 3.75. The second-order valence-electron chi connectivity index (χ2n) is 6.12. The molecule has 124 valence electrons. The highest BCUT2D eigenvalue weighted by Crippen LogP contribution is 2.20. The summed E-state index contributed by atoms with van der Waals surface area (Å²) in [4.78, 5) is 16.7. The van der Waals surface area contributed by atoms with Crippen LogP contribution in [0.15, 0.2) is 48.8 Å². The summed E-state index contributed by atoms with van der Waals surface area (Å²) in [5.41, 5.74) is 4.86. The molecule has 0 radical (unpaired) electrons. The minimum Gasteiger partial charge on any atom is -0.350 e. The molecular weight excluding hydrogens is 298 g/mol. The van der Waals surface area contributed by atoms with Crippen LogP contribution in [0.25, 0.3) is 16.7 Å². The number of amides is 1. The topological polar surface area (TPSA) is 46.9 Å². The van der Waals surface area contributed by atoms with Crippen molar-refractivity contribution in [3.63, 3.8) is 0 Å². The molecule has 1 amide bonds. The predicted molar refractivity (Wildman–Crippen MR) is 97.7 cm³/mol. The highest BCUT2D eigenvalue weighted by atomic mass is 16.1. The van der Waals surface area contributed by atoms with Crippen molar-refractivity contribution in [3.8, 4) is 5.69 Å². The molecule has 0 aliphatic heterocycles. The first-order chi connectivity index (χ1) is 11.6. The smallest absolute Gasteiger partial charge is 0.251 e. The predicted octanol–water partition coefficient (Wildman–Crippen LogP) is 4.12. The number of aromatic nitrogens is 2. The summed E-state index contributed by atoms with van der Waals surface area (Å²) in [6, 6.07) is 14.3. The van der Waals surface area contributed by atoms with Gasteiger partial charge in [0.2, 0.25) is 0 Å². The van der Waals surface area contributed by atoms with Crippen molar-refractivity contribution in [1.82, 2.24) is 14.9 Å². The summed E-state index contributed by atoms with van der Waals surface area (Å²) in [7, 11) is 0. The number of aryl methyl sites for hydroxylation is 1. The van der Waals surface area contributed by atoms with E-state index in [1.165, 1.54) is 5.56 Å². The Morgan fingerprint density at radius 2 is 1.92 bits per heavy atom. The average molecular weight is 321 g/mol. The van der Waals surface area contributed by atoms with Gasteiger partial charge in [-0.3, -0.25) is 9.36 Å². The van der Waals surface area contributed by atoms with Gasteiger partial charge in [0.15, 0.2) is 0 Å². The minimum absolute atomic E-state index is 0.0481. The van der Waals surface area contributed by atoms with Crippen molar-refractivity contribution in [2.75, 3.05) is 0 Å². The van der Waals surface area contributed by atoms with E-state index in [9.17, 15) is 4.79 Å². The molecular formula is C20H23N3O. The highest BCUT2D eigenvalue weighted by molar-refractivity contribution is 5.97. The SMILES string of the molecule is CCc1ccc(-n2cnc3cc(C(=O)NC(C)CC)ccc32)cc1. The lowest BCUT2D eigenvalue weighted by Crippen LogP contribution is -2.31. The lowest BCUT2D eigenvalue weighted by Gasteiger charge is -2.11. The molecule has 2 aromatic carbocycles. The number of nitrogens with one attached hydrogen (secondary N) is 1. The van der Waals surface area contributed by atoms with E-state index in [4.69, 9.17) is 0 Å². The van der Waals surface area contributed by atoms with E-state index in [0.717, 1.165) is 29.6 Å². The first-order valence-corrected chi connectivity index (χ1v) is 8.49. The zero-order chi connectivity index (χ0) is 17.1. The molecule has 3 rings (SSSR count). The number of carbonyl (C=O) groups excluding carboxylic acids is 1. The third kappa shape index (κ3) is 3.18. The first kappa shape index (κ1) is 16.2. The molecule has 0 aliphatic carbocycles. The molecule has 1 atom stereocenters. The van der Waals surface area contributed by atoms with Crippen molar-refractivity contribution in [2.24, 2.45) is 0 Å². The number of hydrogen-bond acceptors (Lipinski definition) is 2. The molecule has 0 bridgehead atoms. The molecule has 0 fully saturated rings. The molecule has 1 N–H and O–H groups in total. The number of hydrogen-bond donors (Lipinski definition) is 1. The largest absolute Gasteiger partial charge is 0.350 e. The number of carbonyl (C=O) groups is 1. The Morgan fingerprint density at radius 1 is 1.17 bits per heavy atom. The Kier molecular flexibility index (Phi) is 4.65. The van der Waals surface area contributed by atoms with Gasteiger partial charge in [0.1, 0.15) is 6.33 Å². The number of fused-ring (bicyclic) bond motifs is 1. The van der Waals surface area contributed by atoms with Crippen LogP contribution < -0.4 is 5.32 Å². The summed E-state index contributed by atoms with van der Waals surface area (Å²) >= 11 is 0. The van der Waals surface area contributed by atoms with Gasteiger partial charge < -0.3 is 5.32 Å². The van der Waals surface area contributed by atoms with Gasteiger partial charge in [-0.15, -0.1) is 0 Å². The second-order valence-corrected chi connectivity index (χ2v) is 6.12. The lowest BCUT2D eigenvalue weighted by molar-refractivity contribution is 0.0939. The van der Waals surface area contributed by atoms with Crippen LogP contribution >= 0.6 is 0 Å². The van der Waals surface area contributed by atoms with E-state index in [1.54, 1.807) is 0 Å². The molecule has 1 heterocycles. The Bertz CT molecular complexity index is 849. The quantitative estimate of drug-likeness (QED) is 0.768. The van der Waals surface area contributed by atoms with Crippen molar-refractivity contribution >= 4 is 16.9 Å². The average Bonchev–Trinajstić information content (AvgIpc) is 3.04. The maximum absolute atomic E-state index is 12.3. The molecule has 3 aromatic rings. The fraction of sp³-hybridized carbons (Fsp3) is 0.300. The third-order valence-electron chi connectivity index (χ3n) is 4.42. The Labute approximate surface area is 142 Å². The van der Waals surface area contributed by atoms with Crippen LogP contribution in [0, 0.1) is 0 Å². The maximum Gasteiger partial charge on any atom is 0.251 e. The van der Waals surface area contributed by atoms with Gasteiger partial charge in [-0.1, -0.05) is 26.0 Å². The maximum atomic E-state index is 12.3. The van der Waals surface area contributed by atoms with Crippen LogP contribution in [0.4, 0.5) is 0 Å². The van der Waals surface area contributed by atoms with Crippen LogP contribution in [-0.4, -0.2) is 21.5 Å². The van der Waals surface area contributed by atoms with E-state index in [-0.39, 0.29) is 11.9 Å². The van der Waals surface area contributed by atoms with Crippen LogP contribution in [0.1, 0.15) is 43.1 Å². The Morgan fingerprint density at radius 3 is 2.58 bits per heavy atom. The van der Waals surface area contributed by atoms with Gasteiger partial charge in [0.05, 0.1) is 11.0 Å². The van der Waals surface area contributed by atoms with E-state index in [2.05, 4.69) is 48.4 Å². The summed E-state index contributed by atoms with van der Waals surface area (Å²) in [6.45, 7) is 6.21. The fourth-order valence-corrected chi connectivity index (χ4v) is 2.66. The van der Waals surface area contributed by atoms with Gasteiger partial charge in [-0.05, 0) is 55.7 Å². The van der Waals surface area contributed by atoms with Crippen molar-refractivity contribution in [1.29, 1.82) is 0 Å². The number of nitrogens with zero attached hydrogens (tertiary/aromatic N) is 2. The van der Waals surface area contributed by atoms with Crippen molar-refractivity contribution < 1.29 is 4.79 Å². The van der Waals surface area contributed by atoms with Gasteiger partial charge in [-0.25, -0.2) is 4.98 Å². The first-order valence-electron chi connectivity index (χ1n) is 8.49. The molecule has 24 heavy (non-hydrogen) atoms. The van der Waals surface area contributed by atoms with Crippen LogP contribution in [0.2, 0.25) is 0 Å². The fourth-order valence-electron chi connectivity index (χ4n) is 2.66. The van der Waals surface area contributed by atoms with Crippen molar-refractivity contribution in [3.05, 3.63) is 59.9 Å². The molecule has 0 spiro atoms. The molecule has 1 aromatic heterocycles. The standard InChI is InChI=1S/C20H23N3O/c1-4-14(3)22-20(24)16-8-11-19-18(12-16)21-13-23(19)17-9-6-15(5-2)7-10-17/h6-14H,4-5H2,1-3H3,(H,22,24). The molecule has 1 unspecified atom stereocenters. The van der Waals surface area contributed by atoms with Gasteiger partial charge >= 0.3 is 0 Å². The van der Waals surface area contributed by atoms with Gasteiger partial charge in [0.25, 0.3) is 5.91 Å². The van der Waals surface area contributed by atoms with Crippen molar-refractivity contribution in [2.45, 2.75) is 39.7 Å². The normalized spacial score (nSPS) is 12.3. The third-order valence-corrected chi connectivity index (χ3v) is 4.42. The Hall–Kier alpha value is -2.62. The second kappa shape index (κ2) is 6.87. The summed E-state index contributed by atoms with van der Waals surface area (Å²) < 4.78 is 2.05. The monoisotopic (exact) mass is 321 g/mol. The van der Waals surface area contributed by atoms with Crippen LogP contribution in [0.3, 0.4) is 0 Å². The van der Waals surface area contributed by atoms with Crippen LogP contribution in [-0.2, 0) is 6.42 Å². The minimum atomic E-state index is -0.0481. The molecule has 0 aliphatic rings. The van der Waals surface area contributed by atoms with E-state index in [0.29, 0.717) is 5.56 Å². The molecule has 4 heteroatoms. The lowest BCUT2D eigenvalue weighted by atomic mass is 10.1. The van der Waals surface area contributed by atoms with Crippen LogP contribution in [0.5, 0.6) is 0 Å². The molecule has 0 saturated heterocycles. The van der Waals surface area contributed by atoms with Gasteiger partial charge in [0, 0.05) is 17.3 Å². The van der Waals surface area contributed by atoms with E-state index >= 15 is 0 Å². The molecule has 4 nitrogen and oxygen atoms in total. The number of rotatable bonds is 5. The van der Waals surface area contributed by atoms with E-state index in [1.807, 2.05) is 36.0 Å². The summed E-state index contributed by atoms with van der Waals surface area (Å²) in [5.74, 6) is -0.0481. The number of benzene rings is 2. The number of imidazole rings is 1. The zero-order valence-corrected chi connectivity index (χ0v) is 14.4.